The third-order valence-corrected chi connectivity index (χ3v) is 4.93. The number of aliphatic carboxylic acids is 1. The average Bonchev–Trinajstić information content (AvgIpc) is 2.25. The van der Waals surface area contributed by atoms with Crippen molar-refractivity contribution >= 4 is 16.0 Å². The number of carboxylic acids is 1. The Bertz CT molecular complexity index is 641. The summed E-state index contributed by atoms with van der Waals surface area (Å²) in [6.07, 6.45) is -4.51. The average molecular weight is 309 g/mol. The molecule has 0 spiro atoms. The Labute approximate surface area is 112 Å². The van der Waals surface area contributed by atoms with E-state index in [0.29, 0.717) is 10.4 Å². The Hall–Kier alpha value is -1.61. The Balaban J connectivity index is 2.38. The SMILES string of the molecule is O=C(O)[C@@H]1CCN1S(=O)(=O)c1cccc(C(F)(F)F)c1. The maximum absolute atomic E-state index is 12.6. The van der Waals surface area contributed by atoms with Crippen LogP contribution in [0, 0.1) is 0 Å². The zero-order valence-corrected chi connectivity index (χ0v) is 10.8. The maximum atomic E-state index is 12.6. The van der Waals surface area contributed by atoms with Crippen LogP contribution in [0.1, 0.15) is 12.0 Å². The molecule has 20 heavy (non-hydrogen) atoms. The smallest absolute Gasteiger partial charge is 0.416 e. The lowest BCUT2D eigenvalue weighted by Crippen LogP contribution is -2.54. The highest BCUT2D eigenvalue weighted by molar-refractivity contribution is 7.89. The fourth-order valence-electron chi connectivity index (χ4n) is 1.87. The lowest BCUT2D eigenvalue weighted by molar-refractivity contribution is -0.144. The summed E-state index contributed by atoms with van der Waals surface area (Å²) in [5.74, 6) is -1.31. The summed E-state index contributed by atoms with van der Waals surface area (Å²) in [7, 11) is -4.23. The quantitative estimate of drug-likeness (QED) is 0.919. The van der Waals surface area contributed by atoms with Crippen LogP contribution in [-0.2, 0) is 21.0 Å². The first-order valence-electron chi connectivity index (χ1n) is 5.56. The van der Waals surface area contributed by atoms with E-state index in [1.54, 1.807) is 0 Å². The van der Waals surface area contributed by atoms with Crippen LogP contribution >= 0.6 is 0 Å². The molecule has 0 saturated carbocycles. The molecule has 2 rings (SSSR count). The van der Waals surface area contributed by atoms with Crippen molar-refractivity contribution in [2.75, 3.05) is 6.54 Å². The van der Waals surface area contributed by atoms with Crippen LogP contribution in [0.2, 0.25) is 0 Å². The number of hydrogen-bond acceptors (Lipinski definition) is 3. The van der Waals surface area contributed by atoms with Gasteiger partial charge in [0.25, 0.3) is 0 Å². The van der Waals surface area contributed by atoms with Gasteiger partial charge in [-0.15, -0.1) is 0 Å². The van der Waals surface area contributed by atoms with Gasteiger partial charge < -0.3 is 5.11 Å². The number of halogens is 3. The first kappa shape index (κ1) is 14.8. The largest absolute Gasteiger partial charge is 0.480 e. The van der Waals surface area contributed by atoms with Gasteiger partial charge in [-0.05, 0) is 24.6 Å². The van der Waals surface area contributed by atoms with Gasteiger partial charge in [0.05, 0.1) is 10.5 Å². The number of alkyl halides is 3. The number of rotatable bonds is 3. The Kier molecular flexibility index (Phi) is 3.51. The lowest BCUT2D eigenvalue weighted by atomic mass is 10.1. The zero-order chi connectivity index (χ0) is 15.1. The highest BCUT2D eigenvalue weighted by Gasteiger charge is 2.43. The lowest BCUT2D eigenvalue weighted by Gasteiger charge is -2.36. The van der Waals surface area contributed by atoms with E-state index >= 15 is 0 Å². The van der Waals surface area contributed by atoms with Gasteiger partial charge in [0, 0.05) is 6.54 Å². The van der Waals surface area contributed by atoms with E-state index in [1.807, 2.05) is 0 Å². The highest BCUT2D eigenvalue weighted by atomic mass is 32.2. The van der Waals surface area contributed by atoms with Gasteiger partial charge in [0.15, 0.2) is 0 Å². The fraction of sp³-hybridized carbons (Fsp3) is 0.364. The second kappa shape index (κ2) is 4.74. The monoisotopic (exact) mass is 309 g/mol. The van der Waals surface area contributed by atoms with Gasteiger partial charge in [-0.2, -0.15) is 17.5 Å². The molecule has 5 nitrogen and oxygen atoms in total. The van der Waals surface area contributed by atoms with E-state index in [-0.39, 0.29) is 13.0 Å². The summed E-state index contributed by atoms with van der Waals surface area (Å²) in [6.45, 7) is -0.0183. The van der Waals surface area contributed by atoms with Crippen LogP contribution in [0.3, 0.4) is 0 Å². The van der Waals surface area contributed by atoms with Crippen LogP contribution < -0.4 is 0 Å². The predicted octanol–water partition coefficient (Wildman–Crippen LogP) is 1.55. The number of hydrogen-bond donors (Lipinski definition) is 1. The molecule has 1 N–H and O–H groups in total. The second-order valence-electron chi connectivity index (χ2n) is 4.28. The summed E-state index contributed by atoms with van der Waals surface area (Å²) >= 11 is 0. The molecular formula is C11H10F3NO4S. The van der Waals surface area contributed by atoms with Crippen molar-refractivity contribution in [1.82, 2.24) is 4.31 Å². The van der Waals surface area contributed by atoms with Crippen molar-refractivity contribution in [2.45, 2.75) is 23.5 Å². The molecule has 110 valence electrons. The Morgan fingerprint density at radius 1 is 1.35 bits per heavy atom. The van der Waals surface area contributed by atoms with Gasteiger partial charge in [0.2, 0.25) is 10.0 Å². The normalized spacial score (nSPS) is 20.4. The molecule has 1 saturated heterocycles. The minimum Gasteiger partial charge on any atom is -0.480 e. The molecule has 0 radical (unpaired) electrons. The number of carbonyl (C=O) groups is 1. The third-order valence-electron chi connectivity index (χ3n) is 3.02. The molecule has 1 heterocycles. The summed E-state index contributed by atoms with van der Waals surface area (Å²) in [6, 6.07) is 2.04. The van der Waals surface area contributed by atoms with Crippen molar-refractivity contribution in [1.29, 1.82) is 0 Å². The van der Waals surface area contributed by atoms with E-state index in [4.69, 9.17) is 5.11 Å². The molecular weight excluding hydrogens is 299 g/mol. The molecule has 1 aromatic rings. The minimum atomic E-state index is -4.66. The van der Waals surface area contributed by atoms with Crippen molar-refractivity contribution < 1.29 is 31.5 Å². The number of benzene rings is 1. The van der Waals surface area contributed by atoms with Crippen LogP contribution in [0.4, 0.5) is 13.2 Å². The molecule has 1 aliphatic rings. The molecule has 1 aliphatic heterocycles. The predicted molar refractivity (Wildman–Crippen MR) is 61.4 cm³/mol. The highest BCUT2D eigenvalue weighted by Crippen LogP contribution is 2.33. The summed E-state index contributed by atoms with van der Waals surface area (Å²) in [4.78, 5) is 10.3. The summed E-state index contributed by atoms with van der Waals surface area (Å²) < 4.78 is 62.6. The molecule has 1 aromatic carbocycles. The van der Waals surface area contributed by atoms with Crippen molar-refractivity contribution in [3.63, 3.8) is 0 Å². The van der Waals surface area contributed by atoms with Crippen molar-refractivity contribution in [3.8, 4) is 0 Å². The summed E-state index contributed by atoms with van der Waals surface area (Å²) in [5.41, 5.74) is -1.09. The van der Waals surface area contributed by atoms with Crippen molar-refractivity contribution in [3.05, 3.63) is 29.8 Å². The van der Waals surface area contributed by atoms with Crippen LogP contribution in [0.5, 0.6) is 0 Å². The molecule has 9 heteroatoms. The maximum Gasteiger partial charge on any atom is 0.416 e. The molecule has 1 atom stereocenters. The molecule has 0 amide bonds. The Morgan fingerprint density at radius 2 is 2.00 bits per heavy atom. The van der Waals surface area contributed by atoms with Gasteiger partial charge in [-0.25, -0.2) is 8.42 Å². The van der Waals surface area contributed by atoms with E-state index in [0.717, 1.165) is 18.2 Å². The molecule has 0 bridgehead atoms. The van der Waals surface area contributed by atoms with Crippen molar-refractivity contribution in [2.24, 2.45) is 0 Å². The van der Waals surface area contributed by atoms with E-state index in [2.05, 4.69) is 0 Å². The molecule has 0 unspecified atom stereocenters. The van der Waals surface area contributed by atoms with Gasteiger partial charge in [0.1, 0.15) is 6.04 Å². The van der Waals surface area contributed by atoms with Gasteiger partial charge >= 0.3 is 12.1 Å². The standard InChI is InChI=1S/C11H10F3NO4S/c12-11(13,14)7-2-1-3-8(6-7)20(18,19)15-5-4-9(15)10(16)17/h1-3,6,9H,4-5H2,(H,16,17)/t9-/m0/s1. The first-order valence-corrected chi connectivity index (χ1v) is 7.00. The number of sulfonamides is 1. The van der Waals surface area contributed by atoms with Crippen LogP contribution in [0.25, 0.3) is 0 Å². The van der Waals surface area contributed by atoms with Gasteiger partial charge in [-0.1, -0.05) is 6.07 Å². The third kappa shape index (κ3) is 2.50. The van der Waals surface area contributed by atoms with Gasteiger partial charge in [-0.3, -0.25) is 4.79 Å². The number of nitrogens with zero attached hydrogens (tertiary/aromatic N) is 1. The van der Waals surface area contributed by atoms with E-state index in [1.165, 1.54) is 0 Å². The number of carboxylic acid groups (broad SMARTS) is 1. The molecule has 1 fully saturated rings. The minimum absolute atomic E-state index is 0.0183. The Morgan fingerprint density at radius 3 is 2.45 bits per heavy atom. The first-order chi connectivity index (χ1) is 9.14. The van der Waals surface area contributed by atoms with Crippen LogP contribution in [-0.4, -0.2) is 36.4 Å². The van der Waals surface area contributed by atoms with E-state index < -0.39 is 38.7 Å². The topological polar surface area (TPSA) is 74.7 Å². The molecule has 0 aromatic heterocycles. The zero-order valence-electron chi connectivity index (χ0n) is 9.96. The fourth-order valence-corrected chi connectivity index (χ4v) is 3.54. The van der Waals surface area contributed by atoms with Crippen LogP contribution in [0.15, 0.2) is 29.2 Å². The second-order valence-corrected chi connectivity index (χ2v) is 6.17. The molecule has 0 aliphatic carbocycles. The van der Waals surface area contributed by atoms with E-state index in [9.17, 15) is 26.4 Å². The summed E-state index contributed by atoms with van der Waals surface area (Å²) in [5, 5.41) is 8.81.